The molecule has 0 saturated heterocycles. The van der Waals surface area contributed by atoms with Crippen molar-refractivity contribution >= 4 is 12.2 Å². The Morgan fingerprint density at radius 3 is 2.75 bits per heavy atom. The predicted molar refractivity (Wildman–Crippen MR) is 126 cm³/mol. The number of rotatable bonds is 6. The third-order valence-corrected chi connectivity index (χ3v) is 9.97. The number of oxime groups is 1. The molecule has 4 aliphatic rings. The smallest absolute Gasteiger partial charge is 0.185 e. The molecule has 0 bridgehead atoms. The van der Waals surface area contributed by atoms with Gasteiger partial charge in [0.05, 0.1) is 24.5 Å². The van der Waals surface area contributed by atoms with Crippen molar-refractivity contribution < 1.29 is 15.1 Å². The lowest BCUT2D eigenvalue weighted by atomic mass is 9.43. The average molecular weight is 447 g/mol. The zero-order valence-corrected chi connectivity index (χ0v) is 19.7. The molecule has 0 spiro atoms. The van der Waals surface area contributed by atoms with Gasteiger partial charge in [-0.2, -0.15) is 0 Å². The van der Waals surface area contributed by atoms with Crippen molar-refractivity contribution in [2.45, 2.75) is 83.3 Å². The summed E-state index contributed by atoms with van der Waals surface area (Å²) >= 11 is 0. The molecule has 6 N–H and O–H groups in total. The van der Waals surface area contributed by atoms with Crippen molar-refractivity contribution in [1.29, 1.82) is 5.41 Å². The first-order valence-corrected chi connectivity index (χ1v) is 12.5. The van der Waals surface area contributed by atoms with Crippen LogP contribution in [0.15, 0.2) is 17.3 Å². The molecule has 0 aromatic heterocycles. The lowest BCUT2D eigenvalue weighted by Crippen LogP contribution is -2.62. The largest absolute Gasteiger partial charge is 0.394 e. The van der Waals surface area contributed by atoms with Crippen molar-refractivity contribution in [3.8, 4) is 0 Å². The van der Waals surface area contributed by atoms with Gasteiger partial charge in [-0.15, -0.1) is 0 Å². The molecule has 180 valence electrons. The molecule has 7 nitrogen and oxygen atoms in total. The van der Waals surface area contributed by atoms with Crippen molar-refractivity contribution in [3.05, 3.63) is 12.2 Å². The van der Waals surface area contributed by atoms with Gasteiger partial charge in [-0.3, -0.25) is 5.41 Å². The lowest BCUT2D eigenvalue weighted by molar-refractivity contribution is -0.207. The maximum atomic E-state index is 12.2. The number of allylic oxidation sites excluding steroid dienone is 2. The van der Waals surface area contributed by atoms with Crippen LogP contribution in [0.5, 0.6) is 0 Å². The van der Waals surface area contributed by atoms with E-state index in [0.29, 0.717) is 36.8 Å². The van der Waals surface area contributed by atoms with Crippen molar-refractivity contribution in [2.24, 2.45) is 45.4 Å². The number of hydrogen-bond acceptors (Lipinski definition) is 5. The number of nitrogens with one attached hydrogen (secondary N) is 2. The normalized spacial score (nSPS) is 45.9. The molecule has 0 heterocycles. The predicted octanol–water partition coefficient (Wildman–Crippen LogP) is 3.16. The second-order valence-electron chi connectivity index (χ2n) is 11.3. The summed E-state index contributed by atoms with van der Waals surface area (Å²) in [6.07, 6.45) is 15.1. The summed E-state index contributed by atoms with van der Waals surface area (Å²) < 4.78 is 0. The highest BCUT2D eigenvalue weighted by Gasteiger charge is 2.66. The van der Waals surface area contributed by atoms with Gasteiger partial charge >= 0.3 is 0 Å². The molecule has 4 aliphatic carbocycles. The maximum Gasteiger partial charge on any atom is 0.185 e. The molecular weight excluding hydrogens is 404 g/mol. The lowest BCUT2D eigenvalue weighted by Gasteiger charge is -2.63. The van der Waals surface area contributed by atoms with E-state index in [-0.39, 0.29) is 22.9 Å². The SMILES string of the molecule is C[C@]12CC[C@H](O)C[C@H]1CC[C@@H]1[C@@H]2CC[C@]2(C)[C@@H](/C=C/C=N/OCCNC(=N)N)CC[C@]12O. The Morgan fingerprint density at radius 1 is 1.16 bits per heavy atom. The van der Waals surface area contributed by atoms with E-state index in [9.17, 15) is 10.2 Å². The number of aliphatic hydroxyl groups excluding tert-OH is 1. The van der Waals surface area contributed by atoms with Gasteiger partial charge in [0.1, 0.15) is 6.61 Å². The average Bonchev–Trinajstić information content (AvgIpc) is 3.01. The molecule has 4 saturated carbocycles. The number of aliphatic hydroxyl groups is 2. The van der Waals surface area contributed by atoms with Gasteiger partial charge < -0.3 is 26.1 Å². The molecule has 0 amide bonds. The molecule has 7 heteroatoms. The maximum absolute atomic E-state index is 12.2. The van der Waals surface area contributed by atoms with Crippen LogP contribution in [0.4, 0.5) is 0 Å². The van der Waals surface area contributed by atoms with Gasteiger partial charge in [0.15, 0.2) is 5.96 Å². The highest BCUT2D eigenvalue weighted by molar-refractivity contribution is 5.74. The summed E-state index contributed by atoms with van der Waals surface area (Å²) in [6.45, 7) is 5.57. The molecule has 0 radical (unpaired) electrons. The van der Waals surface area contributed by atoms with Gasteiger partial charge in [-0.25, -0.2) is 0 Å². The number of nitrogens with two attached hydrogens (primary N) is 1. The van der Waals surface area contributed by atoms with E-state index in [2.05, 4.69) is 30.4 Å². The molecule has 32 heavy (non-hydrogen) atoms. The van der Waals surface area contributed by atoms with Gasteiger partial charge in [0.25, 0.3) is 0 Å². The minimum atomic E-state index is -0.596. The Hall–Kier alpha value is -1.60. The number of fused-ring (bicyclic) bond motifs is 5. The Kier molecular flexibility index (Phi) is 6.61. The van der Waals surface area contributed by atoms with E-state index in [1.165, 1.54) is 6.42 Å². The summed E-state index contributed by atoms with van der Waals surface area (Å²) in [5.74, 6) is 1.84. The standard InChI is InChI=1S/C25H42N4O3/c1-23-10-8-19(30)16-18(23)5-6-21-20(23)9-11-24(2)17(7-12-25(21,24)31)4-3-13-29-32-15-14-28-22(26)27/h3-4,13,17-21,30-31H,5-12,14-16H2,1-2H3,(H4,26,27,28)/b4-3+,29-13+/t17-,18+,19-,20-,21+,23-,24+,25-/m0/s1. The first-order chi connectivity index (χ1) is 15.2. The highest BCUT2D eigenvalue weighted by Crippen LogP contribution is 2.69. The van der Waals surface area contributed by atoms with Crippen LogP contribution >= 0.6 is 0 Å². The van der Waals surface area contributed by atoms with Gasteiger partial charge in [-0.1, -0.05) is 25.1 Å². The molecule has 8 atom stereocenters. The zero-order chi connectivity index (χ0) is 23.0. The summed E-state index contributed by atoms with van der Waals surface area (Å²) in [5, 5.41) is 36.1. The zero-order valence-electron chi connectivity index (χ0n) is 19.7. The fraction of sp³-hybridized carbons (Fsp3) is 0.840. The second-order valence-corrected chi connectivity index (χ2v) is 11.3. The van der Waals surface area contributed by atoms with Crippen LogP contribution in [0, 0.1) is 39.9 Å². The highest BCUT2D eigenvalue weighted by atomic mass is 16.6. The first kappa shape index (κ1) is 23.6. The Balaban J connectivity index is 1.40. The number of hydrogen-bond donors (Lipinski definition) is 5. The minimum absolute atomic E-state index is 0.0716. The molecule has 0 aliphatic heterocycles. The van der Waals surface area contributed by atoms with E-state index in [1.807, 2.05) is 6.08 Å². The van der Waals surface area contributed by atoms with E-state index < -0.39 is 5.60 Å². The van der Waals surface area contributed by atoms with Crippen LogP contribution in [0.2, 0.25) is 0 Å². The molecule has 4 rings (SSSR count). The minimum Gasteiger partial charge on any atom is -0.394 e. The molecule has 0 aromatic rings. The fourth-order valence-corrected chi connectivity index (χ4v) is 8.10. The van der Waals surface area contributed by atoms with E-state index in [1.54, 1.807) is 6.21 Å². The summed E-state index contributed by atoms with van der Waals surface area (Å²) in [6, 6.07) is 0. The van der Waals surface area contributed by atoms with Crippen LogP contribution in [-0.2, 0) is 4.84 Å². The Bertz CT molecular complexity index is 757. The van der Waals surface area contributed by atoms with Crippen LogP contribution in [0.25, 0.3) is 0 Å². The van der Waals surface area contributed by atoms with Gasteiger partial charge in [0.2, 0.25) is 0 Å². The quantitative estimate of drug-likeness (QED) is 0.186. The van der Waals surface area contributed by atoms with Crippen LogP contribution < -0.4 is 11.1 Å². The molecule has 0 unspecified atom stereocenters. The number of guanidine groups is 1. The van der Waals surface area contributed by atoms with Crippen molar-refractivity contribution in [2.75, 3.05) is 13.2 Å². The summed E-state index contributed by atoms with van der Waals surface area (Å²) in [4.78, 5) is 5.18. The van der Waals surface area contributed by atoms with E-state index in [4.69, 9.17) is 16.0 Å². The van der Waals surface area contributed by atoms with Crippen molar-refractivity contribution in [3.63, 3.8) is 0 Å². The molecule has 4 fully saturated rings. The molecular formula is C25H42N4O3. The van der Waals surface area contributed by atoms with E-state index in [0.717, 1.165) is 51.4 Å². The summed E-state index contributed by atoms with van der Waals surface area (Å²) in [5.41, 5.74) is 4.80. The monoisotopic (exact) mass is 446 g/mol. The van der Waals surface area contributed by atoms with Crippen LogP contribution in [-0.4, -0.2) is 47.2 Å². The topological polar surface area (TPSA) is 124 Å². The molecule has 0 aromatic carbocycles. The third kappa shape index (κ3) is 3.96. The number of nitrogens with zero attached hydrogens (tertiary/aromatic N) is 1. The first-order valence-electron chi connectivity index (χ1n) is 12.5. The fourth-order valence-electron chi connectivity index (χ4n) is 8.10. The Morgan fingerprint density at radius 2 is 1.97 bits per heavy atom. The third-order valence-electron chi connectivity index (χ3n) is 9.97. The Labute approximate surface area is 192 Å². The van der Waals surface area contributed by atoms with Gasteiger partial charge in [-0.05, 0) is 93.0 Å². The van der Waals surface area contributed by atoms with E-state index >= 15 is 0 Å². The van der Waals surface area contributed by atoms with Crippen LogP contribution in [0.3, 0.4) is 0 Å². The van der Waals surface area contributed by atoms with Crippen molar-refractivity contribution in [1.82, 2.24) is 5.32 Å². The summed E-state index contributed by atoms with van der Waals surface area (Å²) in [7, 11) is 0. The van der Waals surface area contributed by atoms with Gasteiger partial charge in [0, 0.05) is 5.41 Å². The second kappa shape index (κ2) is 8.98. The van der Waals surface area contributed by atoms with Crippen LogP contribution in [0.1, 0.15) is 71.6 Å².